The summed E-state index contributed by atoms with van der Waals surface area (Å²) < 4.78 is 5.16. The summed E-state index contributed by atoms with van der Waals surface area (Å²) in [4.78, 5) is 36.9. The van der Waals surface area contributed by atoms with Crippen molar-refractivity contribution in [3.63, 3.8) is 0 Å². The Morgan fingerprint density at radius 3 is 2.42 bits per heavy atom. The van der Waals surface area contributed by atoms with E-state index in [0.717, 1.165) is 0 Å². The number of methoxy groups -OCH3 is 1. The monoisotopic (exact) mass is 336 g/mol. The van der Waals surface area contributed by atoms with Crippen LogP contribution in [0.15, 0.2) is 24.3 Å². The number of rotatable bonds is 8. The van der Waals surface area contributed by atoms with Gasteiger partial charge in [-0.2, -0.15) is 0 Å². The fourth-order valence-electron chi connectivity index (χ4n) is 2.18. The first-order valence-corrected chi connectivity index (χ1v) is 7.68. The molecular formula is C17H24N2O5. The van der Waals surface area contributed by atoms with Crippen LogP contribution in [0.4, 0.5) is 0 Å². The van der Waals surface area contributed by atoms with E-state index in [2.05, 4.69) is 5.32 Å². The molecule has 1 aromatic rings. The molecule has 2 amide bonds. The van der Waals surface area contributed by atoms with Gasteiger partial charge in [-0.25, -0.2) is 0 Å². The first kappa shape index (κ1) is 19.5. The molecule has 0 aliphatic rings. The molecule has 1 rings (SSSR count). The van der Waals surface area contributed by atoms with Crippen molar-refractivity contribution in [1.29, 1.82) is 0 Å². The van der Waals surface area contributed by atoms with Crippen molar-refractivity contribution < 1.29 is 24.2 Å². The van der Waals surface area contributed by atoms with Crippen molar-refractivity contribution in [2.45, 2.75) is 26.3 Å². The number of carboxylic acid groups (broad SMARTS) is 1. The number of hydrogen-bond acceptors (Lipinski definition) is 4. The van der Waals surface area contributed by atoms with Gasteiger partial charge in [0, 0.05) is 13.6 Å². The van der Waals surface area contributed by atoms with E-state index in [1.54, 1.807) is 24.3 Å². The number of likely N-dealkylation sites (N-methyl/N-ethyl adjacent to an activating group) is 1. The van der Waals surface area contributed by atoms with Crippen LogP contribution in [0.3, 0.4) is 0 Å². The second-order valence-electron chi connectivity index (χ2n) is 5.80. The molecule has 1 unspecified atom stereocenters. The summed E-state index contributed by atoms with van der Waals surface area (Å²) in [7, 11) is 2.99. The highest BCUT2D eigenvalue weighted by molar-refractivity contribution is 5.99. The van der Waals surface area contributed by atoms with E-state index in [4.69, 9.17) is 9.84 Å². The molecule has 0 aliphatic heterocycles. The first-order valence-electron chi connectivity index (χ1n) is 7.68. The number of carbonyl (C=O) groups excluding carboxylic acids is 2. The summed E-state index contributed by atoms with van der Waals surface area (Å²) in [5.74, 6) is -1.44. The average molecular weight is 336 g/mol. The van der Waals surface area contributed by atoms with Crippen LogP contribution in [0.1, 0.15) is 30.6 Å². The molecule has 7 heteroatoms. The van der Waals surface area contributed by atoms with Gasteiger partial charge in [0.1, 0.15) is 11.8 Å². The Hall–Kier alpha value is -2.57. The molecule has 0 bridgehead atoms. The van der Waals surface area contributed by atoms with E-state index < -0.39 is 17.9 Å². The van der Waals surface area contributed by atoms with Crippen molar-refractivity contribution in [3.05, 3.63) is 29.8 Å². The zero-order valence-corrected chi connectivity index (χ0v) is 14.4. The number of nitrogens with zero attached hydrogens (tertiary/aromatic N) is 1. The maximum atomic E-state index is 12.5. The van der Waals surface area contributed by atoms with Gasteiger partial charge in [0.2, 0.25) is 5.91 Å². The molecule has 0 radical (unpaired) electrons. The summed E-state index contributed by atoms with van der Waals surface area (Å²) in [5.41, 5.74) is 0.339. The van der Waals surface area contributed by atoms with Gasteiger partial charge in [0.15, 0.2) is 0 Å². The Kier molecular flexibility index (Phi) is 7.23. The van der Waals surface area contributed by atoms with E-state index in [-0.39, 0.29) is 24.8 Å². The van der Waals surface area contributed by atoms with Gasteiger partial charge in [0.05, 0.1) is 19.1 Å². The third kappa shape index (κ3) is 5.26. The van der Waals surface area contributed by atoms with Crippen LogP contribution in [0.25, 0.3) is 0 Å². The number of hydrogen-bond donors (Lipinski definition) is 2. The Labute approximate surface area is 141 Å². The lowest BCUT2D eigenvalue weighted by Gasteiger charge is -2.27. The molecule has 0 saturated carbocycles. The minimum atomic E-state index is -0.978. The molecule has 1 atom stereocenters. The summed E-state index contributed by atoms with van der Waals surface area (Å²) >= 11 is 0. The molecular weight excluding hydrogens is 312 g/mol. The van der Waals surface area contributed by atoms with Gasteiger partial charge in [0.25, 0.3) is 5.91 Å². The van der Waals surface area contributed by atoms with Crippen LogP contribution in [0, 0.1) is 5.92 Å². The van der Waals surface area contributed by atoms with Crippen LogP contribution in [-0.4, -0.2) is 54.5 Å². The number of ether oxygens (including phenoxy) is 1. The van der Waals surface area contributed by atoms with Crippen LogP contribution in [0.2, 0.25) is 0 Å². The predicted molar refractivity (Wildman–Crippen MR) is 89.0 cm³/mol. The molecule has 24 heavy (non-hydrogen) atoms. The lowest BCUT2D eigenvalue weighted by Crippen LogP contribution is -2.50. The quantitative estimate of drug-likeness (QED) is 0.748. The van der Waals surface area contributed by atoms with Crippen LogP contribution < -0.4 is 10.1 Å². The maximum absolute atomic E-state index is 12.5. The average Bonchev–Trinajstić information content (AvgIpc) is 2.56. The van der Waals surface area contributed by atoms with Crippen molar-refractivity contribution >= 4 is 17.8 Å². The highest BCUT2D eigenvalue weighted by Gasteiger charge is 2.28. The van der Waals surface area contributed by atoms with Crippen LogP contribution >= 0.6 is 0 Å². The second kappa shape index (κ2) is 8.90. The smallest absolute Gasteiger partial charge is 0.305 e. The first-order chi connectivity index (χ1) is 11.3. The summed E-state index contributed by atoms with van der Waals surface area (Å²) in [6.45, 7) is 3.72. The molecule has 0 heterocycles. The minimum absolute atomic E-state index is 0.0852. The highest BCUT2D eigenvalue weighted by atomic mass is 16.5. The third-order valence-corrected chi connectivity index (χ3v) is 3.61. The summed E-state index contributed by atoms with van der Waals surface area (Å²) in [6.07, 6.45) is -0.145. The van der Waals surface area contributed by atoms with E-state index in [9.17, 15) is 14.4 Å². The van der Waals surface area contributed by atoms with Crippen molar-refractivity contribution in [3.8, 4) is 5.75 Å². The van der Waals surface area contributed by atoms with Crippen LogP contribution in [-0.2, 0) is 9.59 Å². The topological polar surface area (TPSA) is 95.9 Å². The van der Waals surface area contributed by atoms with E-state index in [1.807, 2.05) is 13.8 Å². The van der Waals surface area contributed by atoms with Crippen molar-refractivity contribution in [2.24, 2.45) is 5.92 Å². The van der Waals surface area contributed by atoms with Gasteiger partial charge >= 0.3 is 5.97 Å². The fraction of sp³-hybridized carbons (Fsp3) is 0.471. The number of amides is 2. The van der Waals surface area contributed by atoms with Gasteiger partial charge in [-0.1, -0.05) is 26.0 Å². The largest absolute Gasteiger partial charge is 0.496 e. The Balaban J connectivity index is 2.87. The number of carboxylic acids is 1. The number of nitrogens with one attached hydrogen (secondary N) is 1. The number of aliphatic carboxylic acids is 1. The standard InChI is InChI=1S/C17H24N2O5/c1-11(2)15(17(23)19(3)10-9-14(20)21)18-16(22)12-7-5-6-8-13(12)24-4/h5-8,11,15H,9-10H2,1-4H3,(H,18,22)(H,20,21). The minimum Gasteiger partial charge on any atom is -0.496 e. The number of benzene rings is 1. The molecule has 0 spiro atoms. The second-order valence-corrected chi connectivity index (χ2v) is 5.80. The molecule has 0 fully saturated rings. The normalized spacial score (nSPS) is 11.7. The zero-order chi connectivity index (χ0) is 18.3. The van der Waals surface area contributed by atoms with Gasteiger partial charge in [-0.15, -0.1) is 0 Å². The SMILES string of the molecule is COc1ccccc1C(=O)NC(C(=O)N(C)CCC(=O)O)C(C)C. The number of para-hydroxylation sites is 1. The Morgan fingerprint density at radius 2 is 1.88 bits per heavy atom. The molecule has 0 aromatic heterocycles. The van der Waals surface area contributed by atoms with E-state index in [0.29, 0.717) is 11.3 Å². The van der Waals surface area contributed by atoms with Crippen molar-refractivity contribution in [1.82, 2.24) is 10.2 Å². The summed E-state index contributed by atoms with van der Waals surface area (Å²) in [6, 6.07) is 5.99. The van der Waals surface area contributed by atoms with E-state index >= 15 is 0 Å². The summed E-state index contributed by atoms with van der Waals surface area (Å²) in [5, 5.41) is 11.4. The Morgan fingerprint density at radius 1 is 1.25 bits per heavy atom. The molecule has 1 aromatic carbocycles. The van der Waals surface area contributed by atoms with Gasteiger partial charge in [-0.3, -0.25) is 14.4 Å². The molecule has 0 aliphatic carbocycles. The lowest BCUT2D eigenvalue weighted by atomic mass is 10.0. The lowest BCUT2D eigenvalue weighted by molar-refractivity contribution is -0.138. The van der Waals surface area contributed by atoms with E-state index in [1.165, 1.54) is 19.1 Å². The Bertz CT molecular complexity index is 600. The van der Waals surface area contributed by atoms with Crippen molar-refractivity contribution in [2.75, 3.05) is 20.7 Å². The van der Waals surface area contributed by atoms with Crippen LogP contribution in [0.5, 0.6) is 5.75 Å². The fourth-order valence-corrected chi connectivity index (χ4v) is 2.18. The third-order valence-electron chi connectivity index (χ3n) is 3.61. The van der Waals surface area contributed by atoms with Gasteiger partial charge in [-0.05, 0) is 18.1 Å². The molecule has 132 valence electrons. The predicted octanol–water partition coefficient (Wildman–Crippen LogP) is 1.38. The number of carbonyl (C=O) groups is 3. The zero-order valence-electron chi connectivity index (χ0n) is 14.4. The highest BCUT2D eigenvalue weighted by Crippen LogP contribution is 2.18. The maximum Gasteiger partial charge on any atom is 0.305 e. The molecule has 7 nitrogen and oxygen atoms in total. The molecule has 0 saturated heterocycles. The molecule has 2 N–H and O–H groups in total. The van der Waals surface area contributed by atoms with Gasteiger partial charge < -0.3 is 20.1 Å².